The van der Waals surface area contributed by atoms with Gasteiger partial charge < -0.3 is 10.6 Å². The molecule has 0 radical (unpaired) electrons. The summed E-state index contributed by atoms with van der Waals surface area (Å²) in [7, 11) is 0. The van der Waals surface area contributed by atoms with Crippen LogP contribution in [0.4, 0.5) is 10.1 Å². The quantitative estimate of drug-likeness (QED) is 0.698. The van der Waals surface area contributed by atoms with Crippen molar-refractivity contribution in [3.63, 3.8) is 0 Å². The zero-order valence-corrected chi connectivity index (χ0v) is 16.2. The predicted molar refractivity (Wildman–Crippen MR) is 109 cm³/mol. The molecule has 2 amide bonds. The van der Waals surface area contributed by atoms with Crippen molar-refractivity contribution in [3.8, 4) is 5.69 Å². The van der Waals surface area contributed by atoms with Gasteiger partial charge in [0.25, 0.3) is 5.91 Å². The smallest absolute Gasteiger partial charge is 0.276 e. The molecule has 30 heavy (non-hydrogen) atoms. The first-order valence-corrected chi connectivity index (χ1v) is 9.49. The number of nitrogens with one attached hydrogen (secondary N) is 2. The minimum absolute atomic E-state index is 0.117. The highest BCUT2D eigenvalue weighted by Crippen LogP contribution is 2.21. The van der Waals surface area contributed by atoms with Gasteiger partial charge in [-0.1, -0.05) is 30.3 Å². The van der Waals surface area contributed by atoms with Gasteiger partial charge >= 0.3 is 0 Å². The molecule has 2 heterocycles. The van der Waals surface area contributed by atoms with E-state index in [9.17, 15) is 18.8 Å². The van der Waals surface area contributed by atoms with Crippen molar-refractivity contribution in [2.45, 2.75) is 25.8 Å². The van der Waals surface area contributed by atoms with E-state index in [2.05, 4.69) is 15.7 Å². The Bertz CT molecular complexity index is 1200. The van der Waals surface area contributed by atoms with Crippen LogP contribution in [-0.2, 0) is 11.2 Å². The second-order valence-electron chi connectivity index (χ2n) is 7.07. The van der Waals surface area contributed by atoms with Gasteiger partial charge in [0.2, 0.25) is 11.3 Å². The van der Waals surface area contributed by atoms with Gasteiger partial charge in [0, 0.05) is 17.4 Å². The highest BCUT2D eigenvalue weighted by Gasteiger charge is 2.27. The SMILES string of the molecule is Cc1cc(=O)c(C(=O)NC2CCc3ccccc3NC2=O)nn1-c1ccccc1F. The molecule has 0 spiro atoms. The summed E-state index contributed by atoms with van der Waals surface area (Å²) in [5, 5.41) is 9.46. The van der Waals surface area contributed by atoms with Crippen LogP contribution >= 0.6 is 0 Å². The fraction of sp³-hybridized carbons (Fsp3) is 0.182. The molecular formula is C22H19FN4O3. The van der Waals surface area contributed by atoms with Gasteiger partial charge in [-0.25, -0.2) is 9.07 Å². The van der Waals surface area contributed by atoms with Crippen LogP contribution in [0.2, 0.25) is 0 Å². The molecule has 7 nitrogen and oxygen atoms in total. The molecule has 3 aromatic rings. The molecule has 0 fully saturated rings. The van der Waals surface area contributed by atoms with E-state index in [0.29, 0.717) is 24.2 Å². The van der Waals surface area contributed by atoms with Crippen molar-refractivity contribution in [2.24, 2.45) is 0 Å². The predicted octanol–water partition coefficient (Wildman–Crippen LogP) is 2.36. The number of carbonyl (C=O) groups is 2. The number of amides is 2. The van der Waals surface area contributed by atoms with Gasteiger partial charge in [-0.2, -0.15) is 5.10 Å². The van der Waals surface area contributed by atoms with E-state index in [0.717, 1.165) is 5.56 Å². The summed E-state index contributed by atoms with van der Waals surface area (Å²) >= 11 is 0. The summed E-state index contributed by atoms with van der Waals surface area (Å²) in [6, 6.07) is 13.7. The van der Waals surface area contributed by atoms with Crippen LogP contribution in [-0.4, -0.2) is 27.6 Å². The van der Waals surface area contributed by atoms with Gasteiger partial charge in [0.05, 0.1) is 0 Å². The molecule has 152 valence electrons. The number of hydrogen-bond donors (Lipinski definition) is 2. The summed E-state index contributed by atoms with van der Waals surface area (Å²) in [5.74, 6) is -1.69. The number of halogens is 1. The molecule has 8 heteroatoms. The zero-order chi connectivity index (χ0) is 21.3. The molecule has 0 aliphatic carbocycles. The summed E-state index contributed by atoms with van der Waals surface area (Å²) in [6.45, 7) is 1.60. The lowest BCUT2D eigenvalue weighted by molar-refractivity contribution is -0.118. The van der Waals surface area contributed by atoms with Gasteiger partial charge in [-0.15, -0.1) is 0 Å². The average Bonchev–Trinajstić information content (AvgIpc) is 2.87. The standard InChI is InChI=1S/C22H19FN4O3/c1-13-12-19(28)20(26-27(13)18-9-5-3-7-15(18)23)22(30)25-17-11-10-14-6-2-4-8-16(14)24-21(17)29/h2-9,12,17H,10-11H2,1H3,(H,24,29)(H,25,30). The normalized spacial score (nSPS) is 15.7. The minimum atomic E-state index is -0.825. The molecule has 2 N–H and O–H groups in total. The number of anilines is 1. The Morgan fingerprint density at radius 3 is 2.70 bits per heavy atom. The third-order valence-electron chi connectivity index (χ3n) is 5.00. The maximum Gasteiger partial charge on any atom is 0.276 e. The van der Waals surface area contributed by atoms with Crippen LogP contribution in [0.3, 0.4) is 0 Å². The highest BCUT2D eigenvalue weighted by atomic mass is 19.1. The van der Waals surface area contributed by atoms with Crippen LogP contribution in [0, 0.1) is 12.7 Å². The second-order valence-corrected chi connectivity index (χ2v) is 7.07. The van der Waals surface area contributed by atoms with Crippen molar-refractivity contribution >= 4 is 17.5 Å². The first-order valence-electron chi connectivity index (χ1n) is 9.49. The summed E-state index contributed by atoms with van der Waals surface area (Å²) in [6.07, 6.45) is 0.961. The van der Waals surface area contributed by atoms with Crippen LogP contribution in [0.15, 0.2) is 59.4 Å². The fourth-order valence-electron chi connectivity index (χ4n) is 3.45. The second kappa shape index (κ2) is 7.90. The Morgan fingerprint density at radius 1 is 1.17 bits per heavy atom. The third-order valence-corrected chi connectivity index (χ3v) is 5.00. The number of hydrogen-bond acceptors (Lipinski definition) is 4. The molecule has 1 atom stereocenters. The molecule has 1 aliphatic heterocycles. The summed E-state index contributed by atoms with van der Waals surface area (Å²) in [5.41, 5.74) is 1.16. The molecule has 0 bridgehead atoms. The Balaban J connectivity index is 1.61. The minimum Gasteiger partial charge on any atom is -0.339 e. The number of carbonyl (C=O) groups excluding carboxylic acids is 2. The maximum atomic E-state index is 14.2. The molecular weight excluding hydrogens is 387 g/mol. The van der Waals surface area contributed by atoms with Gasteiger partial charge in [-0.3, -0.25) is 14.4 Å². The first-order chi connectivity index (χ1) is 14.4. The zero-order valence-electron chi connectivity index (χ0n) is 16.2. The number of nitrogens with zero attached hydrogens (tertiary/aromatic N) is 2. The lowest BCUT2D eigenvalue weighted by Crippen LogP contribution is -2.45. The van der Waals surface area contributed by atoms with Gasteiger partial charge in [0.15, 0.2) is 5.69 Å². The van der Waals surface area contributed by atoms with Crippen molar-refractivity contribution in [3.05, 3.63) is 87.6 Å². The van der Waals surface area contributed by atoms with Crippen LogP contribution < -0.4 is 16.1 Å². The van der Waals surface area contributed by atoms with Crippen LogP contribution in [0.5, 0.6) is 0 Å². The number of fused-ring (bicyclic) bond motifs is 1. The highest BCUT2D eigenvalue weighted by molar-refractivity contribution is 6.01. The van der Waals surface area contributed by atoms with E-state index in [1.165, 1.54) is 28.9 Å². The van der Waals surface area contributed by atoms with E-state index in [1.807, 2.05) is 18.2 Å². The van der Waals surface area contributed by atoms with E-state index in [1.54, 1.807) is 19.1 Å². The molecule has 1 aliphatic rings. The van der Waals surface area contributed by atoms with Gasteiger partial charge in [0.1, 0.15) is 17.5 Å². The lowest BCUT2D eigenvalue weighted by Gasteiger charge is -2.16. The largest absolute Gasteiger partial charge is 0.339 e. The van der Waals surface area contributed by atoms with Crippen LogP contribution in [0.25, 0.3) is 5.69 Å². The fourth-order valence-corrected chi connectivity index (χ4v) is 3.45. The third kappa shape index (κ3) is 3.71. The summed E-state index contributed by atoms with van der Waals surface area (Å²) < 4.78 is 15.4. The number of aryl methyl sites for hydroxylation is 2. The van der Waals surface area contributed by atoms with Gasteiger partial charge in [-0.05, 0) is 43.5 Å². The Labute approximate surface area is 171 Å². The monoisotopic (exact) mass is 406 g/mol. The number of rotatable bonds is 3. The summed E-state index contributed by atoms with van der Waals surface area (Å²) in [4.78, 5) is 37.7. The molecule has 1 aromatic heterocycles. The van der Waals surface area contributed by atoms with E-state index < -0.39 is 28.9 Å². The molecule has 1 unspecified atom stereocenters. The van der Waals surface area contributed by atoms with Crippen molar-refractivity contribution in [2.75, 3.05) is 5.32 Å². The van der Waals surface area contributed by atoms with E-state index >= 15 is 0 Å². The maximum absolute atomic E-state index is 14.2. The molecule has 0 saturated carbocycles. The van der Waals surface area contributed by atoms with E-state index in [-0.39, 0.29) is 11.6 Å². The van der Waals surface area contributed by atoms with Crippen LogP contribution in [0.1, 0.15) is 28.2 Å². The number of aromatic nitrogens is 2. The van der Waals surface area contributed by atoms with Crippen molar-refractivity contribution < 1.29 is 14.0 Å². The Kier molecular flexibility index (Phi) is 5.14. The van der Waals surface area contributed by atoms with E-state index in [4.69, 9.17) is 0 Å². The average molecular weight is 406 g/mol. The van der Waals surface area contributed by atoms with Crippen molar-refractivity contribution in [1.29, 1.82) is 0 Å². The lowest BCUT2D eigenvalue weighted by atomic mass is 10.1. The topological polar surface area (TPSA) is 93.1 Å². The Hall–Kier alpha value is -3.81. The first kappa shape index (κ1) is 19.5. The number of benzene rings is 2. The van der Waals surface area contributed by atoms with Crippen molar-refractivity contribution in [1.82, 2.24) is 15.1 Å². The number of para-hydroxylation sites is 2. The molecule has 2 aromatic carbocycles. The molecule has 0 saturated heterocycles. The Morgan fingerprint density at radius 2 is 1.90 bits per heavy atom. The molecule has 4 rings (SSSR count).